The van der Waals surface area contributed by atoms with Crippen molar-refractivity contribution in [1.82, 2.24) is 20.9 Å². The first kappa shape index (κ1) is 33.9. The van der Waals surface area contributed by atoms with Gasteiger partial charge in [-0.25, -0.2) is 4.79 Å². The number of carboxylic acids is 1. The van der Waals surface area contributed by atoms with Crippen molar-refractivity contribution >= 4 is 40.6 Å². The second kappa shape index (κ2) is 15.4. The van der Waals surface area contributed by atoms with Crippen molar-refractivity contribution < 1.29 is 38.6 Å². The molecule has 1 aliphatic heterocycles. The maximum Gasteiger partial charge on any atom is 0.408 e. The molecule has 0 aliphatic carbocycles. The number of H-pyrrole nitrogens is 1. The number of benzene rings is 3. The highest BCUT2D eigenvalue weighted by molar-refractivity contribution is 5.99. The van der Waals surface area contributed by atoms with Gasteiger partial charge in [0.05, 0.1) is 12.6 Å². The summed E-state index contributed by atoms with van der Waals surface area (Å²) in [7, 11) is 0. The van der Waals surface area contributed by atoms with Crippen LogP contribution in [0.25, 0.3) is 10.9 Å². The zero-order chi connectivity index (χ0) is 34.1. The van der Waals surface area contributed by atoms with E-state index in [1.54, 1.807) is 37.4 Å². The number of para-hydroxylation sites is 1. The minimum absolute atomic E-state index is 0.0334. The lowest BCUT2D eigenvalue weighted by Gasteiger charge is -2.26. The Morgan fingerprint density at radius 2 is 1.42 bits per heavy atom. The van der Waals surface area contributed by atoms with E-state index in [2.05, 4.69) is 20.9 Å². The van der Waals surface area contributed by atoms with Gasteiger partial charge in [-0.2, -0.15) is 0 Å². The number of rotatable bonds is 16. The number of nitrogens with one attached hydrogen (secondary N) is 4. The quantitative estimate of drug-likeness (QED) is 0.114. The van der Waals surface area contributed by atoms with Crippen molar-refractivity contribution in [2.24, 2.45) is 0 Å². The summed E-state index contributed by atoms with van der Waals surface area (Å²) in [5.41, 5.74) is 2.08. The monoisotopic (exact) mass is 654 g/mol. The average molecular weight is 655 g/mol. The van der Waals surface area contributed by atoms with Gasteiger partial charge in [0.1, 0.15) is 24.3 Å². The van der Waals surface area contributed by atoms with Crippen molar-refractivity contribution in [3.05, 3.63) is 108 Å². The third kappa shape index (κ3) is 9.07. The van der Waals surface area contributed by atoms with Crippen LogP contribution in [0.5, 0.6) is 0 Å². The molecule has 12 nitrogen and oxygen atoms in total. The number of aromatic nitrogens is 1. The number of carbonyl (C=O) groups is 5. The molecule has 250 valence electrons. The number of amides is 3. The number of alkyl carbamates (subject to hydrolysis) is 1. The Bertz CT molecular complexity index is 1750. The SMILES string of the molecule is CC1(C(=O)C(Cc2ccccc2)NC(=O)[C@H](Cc2c[nH]c3ccccc23)NC(=O)C(CCC(=O)O)NC(=O)OCc2ccccc2)CO1. The number of aliphatic carboxylic acids is 1. The highest BCUT2D eigenvalue weighted by Crippen LogP contribution is 2.29. The van der Waals surface area contributed by atoms with Gasteiger partial charge in [-0.15, -0.1) is 0 Å². The van der Waals surface area contributed by atoms with E-state index in [4.69, 9.17) is 9.47 Å². The van der Waals surface area contributed by atoms with Gasteiger partial charge < -0.3 is 35.5 Å². The largest absolute Gasteiger partial charge is 0.481 e. The molecule has 0 spiro atoms. The van der Waals surface area contributed by atoms with Crippen molar-refractivity contribution in [3.8, 4) is 0 Å². The molecule has 4 atom stereocenters. The fourth-order valence-corrected chi connectivity index (χ4v) is 5.40. The first-order valence-corrected chi connectivity index (χ1v) is 15.7. The van der Waals surface area contributed by atoms with Crippen LogP contribution >= 0.6 is 0 Å². The number of hydrogen-bond donors (Lipinski definition) is 5. The minimum atomic E-state index is -1.33. The molecule has 48 heavy (non-hydrogen) atoms. The molecule has 4 aromatic rings. The topological polar surface area (TPSA) is 179 Å². The Morgan fingerprint density at radius 3 is 2.08 bits per heavy atom. The Kier molecular flexibility index (Phi) is 10.9. The number of aromatic amines is 1. The number of carbonyl (C=O) groups excluding carboxylic acids is 4. The molecule has 3 amide bonds. The standard InChI is InChI=1S/C36H38N4O8/c1-36(22-48-36)32(43)29(18-23-10-4-2-5-11-23)38-34(45)30(19-25-20-37-27-15-9-8-14-26(25)27)39-33(44)28(16-17-31(41)42)40-35(46)47-21-24-12-6-3-7-13-24/h2-15,20,28-30,37H,16-19,21-22H2,1H3,(H,38,45)(H,39,44)(H,40,46)(H,41,42)/t28?,29?,30-,36?/m0/s1. The molecule has 2 heterocycles. The molecule has 5 rings (SSSR count). The molecule has 0 bridgehead atoms. The normalized spacial score (nSPS) is 17.0. The number of hydrogen-bond acceptors (Lipinski definition) is 7. The predicted octanol–water partition coefficient (Wildman–Crippen LogP) is 3.44. The zero-order valence-electron chi connectivity index (χ0n) is 26.4. The van der Waals surface area contributed by atoms with Crippen molar-refractivity contribution in [2.45, 2.75) is 62.9 Å². The van der Waals surface area contributed by atoms with Crippen LogP contribution in [0.3, 0.4) is 0 Å². The van der Waals surface area contributed by atoms with Crippen LogP contribution in [-0.2, 0) is 48.1 Å². The fraction of sp³-hybridized carbons (Fsp3) is 0.306. The van der Waals surface area contributed by atoms with Gasteiger partial charge in [-0.3, -0.25) is 19.2 Å². The molecule has 5 N–H and O–H groups in total. The number of epoxide rings is 1. The third-order valence-electron chi connectivity index (χ3n) is 8.21. The summed E-state index contributed by atoms with van der Waals surface area (Å²) in [5.74, 6) is -2.87. The summed E-state index contributed by atoms with van der Waals surface area (Å²) in [5, 5.41) is 18.2. The van der Waals surface area contributed by atoms with Crippen LogP contribution in [0.15, 0.2) is 91.1 Å². The molecule has 0 saturated carbocycles. The van der Waals surface area contributed by atoms with E-state index >= 15 is 0 Å². The lowest BCUT2D eigenvalue weighted by Crippen LogP contribution is -2.57. The van der Waals surface area contributed by atoms with Gasteiger partial charge in [0.25, 0.3) is 0 Å². The molecule has 1 fully saturated rings. The summed E-state index contributed by atoms with van der Waals surface area (Å²) in [6.07, 6.45) is 0.369. The number of carboxylic acid groups (broad SMARTS) is 1. The van der Waals surface area contributed by atoms with Crippen LogP contribution < -0.4 is 16.0 Å². The van der Waals surface area contributed by atoms with Gasteiger partial charge in [-0.05, 0) is 42.5 Å². The van der Waals surface area contributed by atoms with Gasteiger partial charge >= 0.3 is 12.1 Å². The Hall–Kier alpha value is -5.49. The van der Waals surface area contributed by atoms with E-state index in [1.807, 2.05) is 60.7 Å². The Balaban J connectivity index is 1.36. The molecule has 1 saturated heterocycles. The van der Waals surface area contributed by atoms with Gasteiger partial charge in [0, 0.05) is 29.9 Å². The van der Waals surface area contributed by atoms with Crippen molar-refractivity contribution in [2.75, 3.05) is 6.61 Å². The van der Waals surface area contributed by atoms with Gasteiger partial charge in [0.15, 0.2) is 5.78 Å². The average Bonchev–Trinajstić information content (AvgIpc) is 3.72. The number of ether oxygens (including phenoxy) is 2. The van der Waals surface area contributed by atoms with E-state index in [0.29, 0.717) is 0 Å². The second-order valence-corrected chi connectivity index (χ2v) is 12.0. The van der Waals surface area contributed by atoms with Crippen molar-refractivity contribution in [1.29, 1.82) is 0 Å². The number of fused-ring (bicyclic) bond motifs is 1. The van der Waals surface area contributed by atoms with E-state index in [-0.39, 0.29) is 38.3 Å². The number of ketones is 1. The molecule has 3 aromatic carbocycles. The Morgan fingerprint density at radius 1 is 0.812 bits per heavy atom. The van der Waals surface area contributed by atoms with Crippen LogP contribution in [0.2, 0.25) is 0 Å². The van der Waals surface area contributed by atoms with Crippen LogP contribution in [0, 0.1) is 0 Å². The highest BCUT2D eigenvalue weighted by Gasteiger charge is 2.50. The smallest absolute Gasteiger partial charge is 0.408 e. The third-order valence-corrected chi connectivity index (χ3v) is 8.21. The van der Waals surface area contributed by atoms with E-state index < -0.39 is 54.0 Å². The summed E-state index contributed by atoms with van der Waals surface area (Å²) in [6.45, 7) is 1.84. The predicted molar refractivity (Wildman–Crippen MR) is 176 cm³/mol. The molecule has 1 aromatic heterocycles. The lowest BCUT2D eigenvalue weighted by molar-refractivity contribution is -0.137. The molecule has 1 aliphatic rings. The van der Waals surface area contributed by atoms with E-state index in [9.17, 15) is 29.1 Å². The first-order chi connectivity index (χ1) is 23.1. The maximum atomic E-state index is 14.0. The van der Waals surface area contributed by atoms with E-state index in [0.717, 1.165) is 27.6 Å². The van der Waals surface area contributed by atoms with Gasteiger partial charge in [-0.1, -0.05) is 78.9 Å². The Labute approximate surface area is 277 Å². The summed E-state index contributed by atoms with van der Waals surface area (Å²) >= 11 is 0. The van der Waals surface area contributed by atoms with E-state index in [1.165, 1.54) is 0 Å². The summed E-state index contributed by atoms with van der Waals surface area (Å²) in [4.78, 5) is 68.5. The minimum Gasteiger partial charge on any atom is -0.481 e. The highest BCUT2D eigenvalue weighted by atomic mass is 16.6. The van der Waals surface area contributed by atoms with Crippen molar-refractivity contribution in [3.63, 3.8) is 0 Å². The zero-order valence-corrected chi connectivity index (χ0v) is 26.4. The molecule has 3 unspecified atom stereocenters. The molecule has 0 radical (unpaired) electrons. The fourth-order valence-electron chi connectivity index (χ4n) is 5.40. The lowest BCUT2D eigenvalue weighted by atomic mass is 9.94. The van der Waals surface area contributed by atoms with Crippen LogP contribution in [-0.4, -0.2) is 70.1 Å². The van der Waals surface area contributed by atoms with Crippen LogP contribution in [0.1, 0.15) is 36.5 Å². The summed E-state index contributed by atoms with van der Waals surface area (Å²) < 4.78 is 10.7. The van der Waals surface area contributed by atoms with Gasteiger partial charge in [0.2, 0.25) is 11.8 Å². The maximum absolute atomic E-state index is 14.0. The number of Topliss-reactive ketones (excluding diaryl/α,β-unsaturated/α-hetero) is 1. The summed E-state index contributed by atoms with van der Waals surface area (Å²) in [6, 6.07) is 22.1. The van der Waals surface area contributed by atoms with Crippen LogP contribution in [0.4, 0.5) is 4.79 Å². The second-order valence-electron chi connectivity index (χ2n) is 12.0. The molecular weight excluding hydrogens is 616 g/mol. The molecule has 12 heteroatoms. The molecular formula is C36H38N4O8. The first-order valence-electron chi connectivity index (χ1n) is 15.7.